The Labute approximate surface area is 113 Å². The molecule has 19 heavy (non-hydrogen) atoms. The van der Waals surface area contributed by atoms with Crippen molar-refractivity contribution in [2.24, 2.45) is 0 Å². The molecule has 0 unspecified atom stereocenters. The first-order valence-corrected chi connectivity index (χ1v) is 5.73. The summed E-state index contributed by atoms with van der Waals surface area (Å²) in [4.78, 5) is 11.0. The third kappa shape index (κ3) is 4.84. The lowest BCUT2D eigenvalue weighted by Crippen LogP contribution is -2.05. The zero-order chi connectivity index (χ0) is 14.5. The summed E-state index contributed by atoms with van der Waals surface area (Å²) in [6.07, 6.45) is -4.65. The molecule has 0 aromatic heterocycles. The van der Waals surface area contributed by atoms with Crippen LogP contribution in [0, 0.1) is 11.8 Å². The van der Waals surface area contributed by atoms with Crippen LogP contribution in [0.15, 0.2) is 18.2 Å². The summed E-state index contributed by atoms with van der Waals surface area (Å²) in [7, 11) is 0. The molecule has 0 spiro atoms. The fourth-order valence-corrected chi connectivity index (χ4v) is 1.39. The van der Waals surface area contributed by atoms with Crippen molar-refractivity contribution in [3.05, 3.63) is 34.3 Å². The standard InChI is InChI=1S/C13H10ClF3O2/c1-2-19-12(18)5-3-4-9-8-10(13(15,16)17)6-7-11(9)14/h6-8H,2,5H2,1H3. The number of ether oxygens (including phenoxy) is 1. The molecule has 0 aliphatic rings. The molecular weight excluding hydrogens is 281 g/mol. The van der Waals surface area contributed by atoms with Crippen molar-refractivity contribution in [3.8, 4) is 11.8 Å². The highest BCUT2D eigenvalue weighted by Crippen LogP contribution is 2.31. The molecular formula is C13H10ClF3O2. The van der Waals surface area contributed by atoms with Crippen LogP contribution >= 0.6 is 11.6 Å². The normalized spacial score (nSPS) is 10.6. The van der Waals surface area contributed by atoms with Gasteiger partial charge >= 0.3 is 12.1 Å². The molecule has 2 nitrogen and oxygen atoms in total. The molecule has 0 amide bonds. The van der Waals surface area contributed by atoms with Crippen molar-refractivity contribution < 1.29 is 22.7 Å². The minimum Gasteiger partial charge on any atom is -0.465 e. The molecule has 1 aromatic rings. The van der Waals surface area contributed by atoms with Crippen molar-refractivity contribution in [2.45, 2.75) is 19.5 Å². The summed E-state index contributed by atoms with van der Waals surface area (Å²) in [5.41, 5.74) is -0.807. The van der Waals surface area contributed by atoms with Gasteiger partial charge in [-0.2, -0.15) is 13.2 Å². The molecule has 0 aliphatic carbocycles. The van der Waals surface area contributed by atoms with Gasteiger partial charge in [-0.15, -0.1) is 0 Å². The molecule has 0 aliphatic heterocycles. The van der Waals surface area contributed by atoms with Crippen molar-refractivity contribution in [3.63, 3.8) is 0 Å². The van der Waals surface area contributed by atoms with E-state index in [0.29, 0.717) is 0 Å². The number of halogens is 4. The van der Waals surface area contributed by atoms with Crippen molar-refractivity contribution in [1.29, 1.82) is 0 Å². The molecule has 0 saturated heterocycles. The fraction of sp³-hybridized carbons (Fsp3) is 0.308. The van der Waals surface area contributed by atoms with E-state index >= 15 is 0 Å². The molecule has 0 saturated carbocycles. The molecule has 0 N–H and O–H groups in total. The van der Waals surface area contributed by atoms with Crippen molar-refractivity contribution >= 4 is 17.6 Å². The topological polar surface area (TPSA) is 26.3 Å². The Morgan fingerprint density at radius 3 is 2.68 bits per heavy atom. The average Bonchev–Trinajstić information content (AvgIpc) is 2.30. The molecule has 0 bridgehead atoms. The Morgan fingerprint density at radius 2 is 2.11 bits per heavy atom. The molecule has 0 radical (unpaired) electrons. The van der Waals surface area contributed by atoms with E-state index in [-0.39, 0.29) is 23.6 Å². The highest BCUT2D eigenvalue weighted by atomic mass is 35.5. The Bertz CT molecular complexity index is 527. The van der Waals surface area contributed by atoms with Crippen LogP contribution < -0.4 is 0 Å². The van der Waals surface area contributed by atoms with Crippen molar-refractivity contribution in [2.75, 3.05) is 6.61 Å². The first-order valence-electron chi connectivity index (χ1n) is 5.36. The number of hydrogen-bond donors (Lipinski definition) is 0. The highest BCUT2D eigenvalue weighted by molar-refractivity contribution is 6.31. The number of esters is 1. The number of hydrogen-bond acceptors (Lipinski definition) is 2. The van der Waals surface area contributed by atoms with Gasteiger partial charge in [0.05, 0.1) is 17.2 Å². The maximum atomic E-state index is 12.5. The first-order chi connectivity index (χ1) is 8.84. The van der Waals surface area contributed by atoms with Crippen LogP contribution in [0.5, 0.6) is 0 Å². The second kappa shape index (κ2) is 6.48. The second-order valence-electron chi connectivity index (χ2n) is 3.48. The summed E-state index contributed by atoms with van der Waals surface area (Å²) >= 11 is 5.74. The van der Waals surface area contributed by atoms with Crippen LogP contribution in [-0.2, 0) is 15.7 Å². The van der Waals surface area contributed by atoms with E-state index in [9.17, 15) is 18.0 Å². The summed E-state index contributed by atoms with van der Waals surface area (Å²) in [6.45, 7) is 1.87. The quantitative estimate of drug-likeness (QED) is 0.614. The van der Waals surface area contributed by atoms with E-state index in [0.717, 1.165) is 18.2 Å². The largest absolute Gasteiger partial charge is 0.465 e. The van der Waals surface area contributed by atoms with Gasteiger partial charge < -0.3 is 4.74 Å². The second-order valence-corrected chi connectivity index (χ2v) is 3.88. The van der Waals surface area contributed by atoms with Gasteiger partial charge in [0.2, 0.25) is 0 Å². The van der Waals surface area contributed by atoms with Crippen molar-refractivity contribution in [1.82, 2.24) is 0 Å². The third-order valence-corrected chi connectivity index (χ3v) is 2.38. The lowest BCUT2D eigenvalue weighted by Gasteiger charge is -2.07. The predicted octanol–water partition coefficient (Wildman–Crippen LogP) is 3.66. The zero-order valence-electron chi connectivity index (χ0n) is 9.97. The number of rotatable bonds is 2. The Hall–Kier alpha value is -1.67. The zero-order valence-corrected chi connectivity index (χ0v) is 10.7. The van der Waals surface area contributed by atoms with E-state index in [1.54, 1.807) is 6.92 Å². The molecule has 0 fully saturated rings. The molecule has 6 heteroatoms. The van der Waals surface area contributed by atoms with Gasteiger partial charge in [0.15, 0.2) is 0 Å². The van der Waals surface area contributed by atoms with Gasteiger partial charge in [-0.3, -0.25) is 4.79 Å². The van der Waals surface area contributed by atoms with Crippen LogP contribution in [-0.4, -0.2) is 12.6 Å². The predicted molar refractivity (Wildman–Crippen MR) is 64.6 cm³/mol. The number of carbonyl (C=O) groups is 1. The number of alkyl halides is 3. The summed E-state index contributed by atoms with van der Waals surface area (Å²) in [5, 5.41) is 0.101. The average molecular weight is 291 g/mol. The van der Waals surface area contributed by atoms with Crippen LogP contribution in [0.2, 0.25) is 5.02 Å². The summed E-state index contributed by atoms with van der Waals surface area (Å²) < 4.78 is 42.1. The maximum Gasteiger partial charge on any atom is 0.416 e. The van der Waals surface area contributed by atoms with Crippen LogP contribution in [0.3, 0.4) is 0 Å². The number of benzene rings is 1. The summed E-state index contributed by atoms with van der Waals surface area (Å²) in [5.74, 6) is 4.33. The molecule has 102 valence electrons. The van der Waals surface area contributed by atoms with Gasteiger partial charge in [-0.1, -0.05) is 23.4 Å². The lowest BCUT2D eigenvalue weighted by molar-refractivity contribution is -0.142. The van der Waals surface area contributed by atoms with Gasteiger partial charge in [-0.25, -0.2) is 0 Å². The lowest BCUT2D eigenvalue weighted by atomic mass is 10.1. The Balaban J connectivity index is 2.89. The molecule has 0 heterocycles. The Kier molecular flexibility index (Phi) is 5.25. The van der Waals surface area contributed by atoms with Crippen LogP contribution in [0.25, 0.3) is 0 Å². The SMILES string of the molecule is CCOC(=O)CC#Cc1cc(C(F)(F)F)ccc1Cl. The van der Waals surface area contributed by atoms with E-state index in [1.807, 2.05) is 0 Å². The van der Waals surface area contributed by atoms with Crippen LogP contribution in [0.4, 0.5) is 13.2 Å². The third-order valence-electron chi connectivity index (χ3n) is 2.05. The minimum atomic E-state index is -4.46. The smallest absolute Gasteiger partial charge is 0.416 e. The monoisotopic (exact) mass is 290 g/mol. The summed E-state index contributed by atoms with van der Waals surface area (Å²) in [6, 6.07) is 2.85. The van der Waals surface area contributed by atoms with E-state index in [2.05, 4.69) is 16.6 Å². The Morgan fingerprint density at radius 1 is 1.42 bits per heavy atom. The van der Waals surface area contributed by atoms with Gasteiger partial charge in [-0.05, 0) is 25.1 Å². The van der Waals surface area contributed by atoms with Gasteiger partial charge in [0, 0.05) is 5.56 Å². The first kappa shape index (κ1) is 15.4. The fourth-order valence-electron chi connectivity index (χ4n) is 1.22. The van der Waals surface area contributed by atoms with Gasteiger partial charge in [0.1, 0.15) is 6.42 Å². The van der Waals surface area contributed by atoms with Crippen LogP contribution in [0.1, 0.15) is 24.5 Å². The van der Waals surface area contributed by atoms with E-state index in [1.165, 1.54) is 0 Å². The highest BCUT2D eigenvalue weighted by Gasteiger charge is 2.30. The van der Waals surface area contributed by atoms with E-state index < -0.39 is 17.7 Å². The van der Waals surface area contributed by atoms with Gasteiger partial charge in [0.25, 0.3) is 0 Å². The minimum absolute atomic E-state index is 0.0285. The molecule has 1 rings (SSSR count). The van der Waals surface area contributed by atoms with E-state index in [4.69, 9.17) is 11.6 Å². The number of carbonyl (C=O) groups excluding carboxylic acids is 1. The maximum absolute atomic E-state index is 12.5. The molecule has 0 atom stereocenters. The molecule has 1 aromatic carbocycles.